The number of nitrogens with one attached hydrogen (secondary N) is 1. The van der Waals surface area contributed by atoms with Crippen molar-refractivity contribution in [3.05, 3.63) is 34.4 Å². The van der Waals surface area contributed by atoms with Gasteiger partial charge in [-0.1, -0.05) is 12.1 Å². The number of benzene rings is 1. The molecule has 1 aromatic rings. The van der Waals surface area contributed by atoms with Crippen LogP contribution in [0.1, 0.15) is 6.92 Å². The Morgan fingerprint density at radius 3 is 2.50 bits per heavy atom. The molecule has 0 heterocycles. The topological polar surface area (TPSA) is 72.2 Å². The largest absolute Gasteiger partial charge is 0.321 e. The van der Waals surface area contributed by atoms with Gasteiger partial charge < -0.3 is 5.32 Å². The second kappa shape index (κ2) is 5.18. The van der Waals surface area contributed by atoms with Crippen molar-refractivity contribution in [2.45, 2.75) is 6.92 Å². The SMILES string of the molecule is CC(=O)Nc1ccccc1[N+](=O)[O-].Cl. The Kier molecular flexibility index (Phi) is 4.58. The number of hydrogen-bond donors (Lipinski definition) is 1. The molecule has 0 aliphatic carbocycles. The van der Waals surface area contributed by atoms with Gasteiger partial charge in [-0.25, -0.2) is 0 Å². The highest BCUT2D eigenvalue weighted by atomic mass is 35.5. The maximum absolute atomic E-state index is 10.7. The van der Waals surface area contributed by atoms with Crippen LogP contribution < -0.4 is 5.32 Å². The average molecular weight is 217 g/mol. The fourth-order valence-corrected chi connectivity index (χ4v) is 0.928. The summed E-state index contributed by atoms with van der Waals surface area (Å²) in [5.41, 5.74) is 0.123. The van der Waals surface area contributed by atoms with Gasteiger partial charge in [0.25, 0.3) is 5.69 Å². The minimum absolute atomic E-state index is 0. The van der Waals surface area contributed by atoms with Crippen LogP contribution in [0, 0.1) is 10.1 Å². The van der Waals surface area contributed by atoms with Crippen LogP contribution in [-0.2, 0) is 4.79 Å². The summed E-state index contributed by atoms with van der Waals surface area (Å²) in [5, 5.41) is 12.8. The third kappa shape index (κ3) is 3.02. The molecule has 1 rings (SSSR count). The van der Waals surface area contributed by atoms with Gasteiger partial charge in [-0.2, -0.15) is 0 Å². The molecule has 1 amide bonds. The third-order valence-corrected chi connectivity index (χ3v) is 1.41. The van der Waals surface area contributed by atoms with Gasteiger partial charge in [-0.15, -0.1) is 12.4 Å². The van der Waals surface area contributed by atoms with Crippen LogP contribution in [0.4, 0.5) is 11.4 Å². The lowest BCUT2D eigenvalue weighted by molar-refractivity contribution is -0.383. The number of carbonyl (C=O) groups excluding carboxylic acids is 1. The quantitative estimate of drug-likeness (QED) is 0.607. The predicted molar refractivity (Wildman–Crippen MR) is 54.6 cm³/mol. The van der Waals surface area contributed by atoms with Gasteiger partial charge in [0, 0.05) is 13.0 Å². The van der Waals surface area contributed by atoms with E-state index in [1.165, 1.54) is 19.1 Å². The number of halogens is 1. The summed E-state index contributed by atoms with van der Waals surface area (Å²) in [7, 11) is 0. The first kappa shape index (κ1) is 12.4. The summed E-state index contributed by atoms with van der Waals surface area (Å²) in [6.45, 7) is 1.30. The van der Waals surface area contributed by atoms with E-state index in [0.717, 1.165) is 0 Å². The van der Waals surface area contributed by atoms with Crippen molar-refractivity contribution in [1.82, 2.24) is 0 Å². The molecule has 0 spiro atoms. The minimum atomic E-state index is -0.536. The van der Waals surface area contributed by atoms with Crippen molar-refractivity contribution in [3.8, 4) is 0 Å². The van der Waals surface area contributed by atoms with Crippen molar-refractivity contribution in [2.75, 3.05) is 5.32 Å². The molecule has 0 radical (unpaired) electrons. The smallest absolute Gasteiger partial charge is 0.292 e. The van der Waals surface area contributed by atoms with E-state index < -0.39 is 4.92 Å². The van der Waals surface area contributed by atoms with Gasteiger partial charge in [0.15, 0.2) is 0 Å². The van der Waals surface area contributed by atoms with E-state index in [-0.39, 0.29) is 29.7 Å². The summed E-state index contributed by atoms with van der Waals surface area (Å²) in [5.74, 6) is -0.325. The second-order valence-electron chi connectivity index (χ2n) is 2.46. The lowest BCUT2D eigenvalue weighted by Gasteiger charge is -2.01. The van der Waals surface area contributed by atoms with E-state index in [1.54, 1.807) is 12.1 Å². The molecule has 0 bridgehead atoms. The average Bonchev–Trinajstić information content (AvgIpc) is 2.03. The zero-order valence-electron chi connectivity index (χ0n) is 7.39. The third-order valence-electron chi connectivity index (χ3n) is 1.41. The summed E-state index contributed by atoms with van der Waals surface area (Å²) < 4.78 is 0. The van der Waals surface area contributed by atoms with Gasteiger partial charge >= 0.3 is 0 Å². The molecule has 5 nitrogen and oxygen atoms in total. The molecule has 14 heavy (non-hydrogen) atoms. The van der Waals surface area contributed by atoms with E-state index in [4.69, 9.17) is 0 Å². The Morgan fingerprint density at radius 2 is 2.00 bits per heavy atom. The van der Waals surface area contributed by atoms with Crippen molar-refractivity contribution in [1.29, 1.82) is 0 Å². The first-order valence-electron chi connectivity index (χ1n) is 3.62. The van der Waals surface area contributed by atoms with Crippen molar-refractivity contribution >= 4 is 29.7 Å². The van der Waals surface area contributed by atoms with E-state index in [2.05, 4.69) is 5.32 Å². The Hall–Kier alpha value is -1.62. The predicted octanol–water partition coefficient (Wildman–Crippen LogP) is 1.98. The van der Waals surface area contributed by atoms with Crippen LogP contribution in [0.25, 0.3) is 0 Å². The number of carbonyl (C=O) groups is 1. The maximum Gasteiger partial charge on any atom is 0.292 e. The number of para-hydroxylation sites is 2. The highest BCUT2D eigenvalue weighted by Gasteiger charge is 2.12. The van der Waals surface area contributed by atoms with E-state index >= 15 is 0 Å². The molecule has 0 aliphatic rings. The van der Waals surface area contributed by atoms with Crippen LogP contribution in [0.15, 0.2) is 24.3 Å². The molecule has 0 unspecified atom stereocenters. The number of amides is 1. The lowest BCUT2D eigenvalue weighted by atomic mass is 10.2. The Bertz CT molecular complexity index is 354. The zero-order chi connectivity index (χ0) is 9.84. The van der Waals surface area contributed by atoms with Crippen LogP contribution in [0.3, 0.4) is 0 Å². The van der Waals surface area contributed by atoms with Gasteiger partial charge in [0.1, 0.15) is 5.69 Å². The zero-order valence-corrected chi connectivity index (χ0v) is 8.21. The molecule has 0 saturated heterocycles. The fourth-order valence-electron chi connectivity index (χ4n) is 0.928. The Balaban J connectivity index is 0.00000169. The van der Waals surface area contributed by atoms with Crippen LogP contribution in [0.2, 0.25) is 0 Å². The molecule has 0 fully saturated rings. The van der Waals surface area contributed by atoms with Gasteiger partial charge in [-0.3, -0.25) is 14.9 Å². The van der Waals surface area contributed by atoms with Crippen LogP contribution >= 0.6 is 12.4 Å². The summed E-state index contributed by atoms with van der Waals surface area (Å²) in [6, 6.07) is 5.99. The van der Waals surface area contributed by atoms with Crippen molar-refractivity contribution < 1.29 is 9.72 Å². The summed E-state index contributed by atoms with van der Waals surface area (Å²) in [4.78, 5) is 20.6. The molecule has 0 saturated carbocycles. The number of nitro benzene ring substituents is 1. The highest BCUT2D eigenvalue weighted by molar-refractivity contribution is 5.91. The number of anilines is 1. The number of nitrogens with zero attached hydrogens (tertiary/aromatic N) is 1. The van der Waals surface area contributed by atoms with Crippen molar-refractivity contribution in [3.63, 3.8) is 0 Å². The van der Waals surface area contributed by atoms with E-state index in [9.17, 15) is 14.9 Å². The fraction of sp³-hybridized carbons (Fsp3) is 0.125. The Labute approximate surface area is 86.7 Å². The number of rotatable bonds is 2. The molecule has 0 atom stereocenters. The minimum Gasteiger partial charge on any atom is -0.321 e. The lowest BCUT2D eigenvalue weighted by Crippen LogP contribution is -2.07. The van der Waals surface area contributed by atoms with E-state index in [1.807, 2.05) is 0 Å². The molecule has 0 aromatic heterocycles. The molecule has 0 aliphatic heterocycles. The molecular formula is C8H9ClN2O3. The molecule has 1 N–H and O–H groups in total. The van der Waals surface area contributed by atoms with Gasteiger partial charge in [-0.05, 0) is 6.07 Å². The number of nitro groups is 1. The number of hydrogen-bond acceptors (Lipinski definition) is 3. The Morgan fingerprint density at radius 1 is 1.43 bits per heavy atom. The normalized spacial score (nSPS) is 8.64. The van der Waals surface area contributed by atoms with Gasteiger partial charge in [0.05, 0.1) is 4.92 Å². The second-order valence-corrected chi connectivity index (χ2v) is 2.46. The molecule has 1 aromatic carbocycles. The van der Waals surface area contributed by atoms with Crippen molar-refractivity contribution in [2.24, 2.45) is 0 Å². The standard InChI is InChI=1S/C8H8N2O3.ClH/c1-6(11)9-7-4-2-3-5-8(7)10(12)13;/h2-5H,1H3,(H,9,11);1H. The first-order valence-corrected chi connectivity index (χ1v) is 3.62. The van der Waals surface area contributed by atoms with E-state index in [0.29, 0.717) is 0 Å². The summed E-state index contributed by atoms with van der Waals surface area (Å²) in [6.07, 6.45) is 0. The highest BCUT2D eigenvalue weighted by Crippen LogP contribution is 2.22. The van der Waals surface area contributed by atoms with Crippen LogP contribution in [-0.4, -0.2) is 10.8 Å². The first-order chi connectivity index (χ1) is 6.11. The molecule has 76 valence electrons. The van der Waals surface area contributed by atoms with Gasteiger partial charge in [0.2, 0.25) is 5.91 Å². The summed E-state index contributed by atoms with van der Waals surface area (Å²) >= 11 is 0. The van der Waals surface area contributed by atoms with Crippen LogP contribution in [0.5, 0.6) is 0 Å². The maximum atomic E-state index is 10.7. The molecular weight excluding hydrogens is 208 g/mol. The monoisotopic (exact) mass is 216 g/mol. The molecule has 6 heteroatoms.